The number of hydrogen-bond donors (Lipinski definition) is 0. The molecule has 0 heterocycles. The molecular weight excluding hydrogens is 283 g/mol. The van der Waals surface area contributed by atoms with E-state index < -0.39 is 44.8 Å². The van der Waals surface area contributed by atoms with Crippen molar-refractivity contribution in [3.8, 4) is 0 Å². The Morgan fingerprint density at radius 1 is 1.05 bits per heavy atom. The van der Waals surface area contributed by atoms with Crippen molar-refractivity contribution in [1.29, 1.82) is 0 Å². The second-order valence-electron chi connectivity index (χ2n) is 3.91. The van der Waals surface area contributed by atoms with Crippen molar-refractivity contribution >= 4 is 0 Å². The molecule has 0 amide bonds. The maximum Gasteiger partial charge on any atom is 0.473 e. The van der Waals surface area contributed by atoms with E-state index in [0.717, 1.165) is 0 Å². The van der Waals surface area contributed by atoms with Crippen molar-refractivity contribution in [3.63, 3.8) is 0 Å². The molecule has 6 nitrogen and oxygen atoms in total. The van der Waals surface area contributed by atoms with Crippen molar-refractivity contribution in [3.05, 3.63) is 44.0 Å². The largest absolute Gasteiger partial charge is 0.473 e. The third kappa shape index (κ3) is 1.76. The Balaban J connectivity index is 3.78. The maximum absolute atomic E-state index is 13.0. The molecule has 0 N–H and O–H groups in total. The van der Waals surface area contributed by atoms with Crippen LogP contribution in [-0.4, -0.2) is 27.1 Å². The average molecular weight is 288 g/mol. The monoisotopic (exact) mass is 288 g/mol. The lowest BCUT2D eigenvalue weighted by Gasteiger charge is -2.33. The van der Waals surface area contributed by atoms with Gasteiger partial charge in [-0.15, -0.1) is 0 Å². The summed E-state index contributed by atoms with van der Waals surface area (Å²) < 4.78 is 64.6. The Morgan fingerprint density at radius 3 is 1.79 bits per heavy atom. The summed E-state index contributed by atoms with van der Waals surface area (Å²) in [7, 11) is 0. The number of halogens is 5. The summed E-state index contributed by atoms with van der Waals surface area (Å²) in [6.45, 7) is 0.200. The van der Waals surface area contributed by atoms with Crippen LogP contribution in [0.4, 0.5) is 22.0 Å². The van der Waals surface area contributed by atoms with Gasteiger partial charge >= 0.3 is 17.3 Å². The number of alkyl halides is 3. The molecule has 0 aromatic rings. The van der Waals surface area contributed by atoms with Crippen molar-refractivity contribution in [2.75, 3.05) is 0 Å². The number of rotatable bonds is 2. The molecule has 2 unspecified atom stereocenters. The first kappa shape index (κ1) is 15.0. The molecule has 0 radical (unpaired) electrons. The van der Waals surface area contributed by atoms with Gasteiger partial charge in [-0.25, -0.2) is 8.78 Å². The van der Waals surface area contributed by atoms with E-state index in [2.05, 4.69) is 0 Å². The molecule has 0 spiro atoms. The zero-order chi connectivity index (χ0) is 15.2. The number of nitrogens with zero attached hydrogens (tertiary/aromatic N) is 2. The van der Waals surface area contributed by atoms with Gasteiger partial charge in [0.15, 0.2) is 11.7 Å². The molecule has 106 valence electrons. The summed E-state index contributed by atoms with van der Waals surface area (Å²) in [6, 6.07) is 0. The molecule has 0 aliphatic heterocycles. The predicted molar refractivity (Wildman–Crippen MR) is 49.6 cm³/mol. The van der Waals surface area contributed by atoms with Gasteiger partial charge in [-0.3, -0.25) is 20.2 Å². The lowest BCUT2D eigenvalue weighted by atomic mass is 9.74. The van der Waals surface area contributed by atoms with Gasteiger partial charge in [0.05, 0.1) is 0 Å². The molecule has 0 bridgehead atoms. The second kappa shape index (κ2) is 3.96. The zero-order valence-electron chi connectivity index (χ0n) is 9.07. The molecular formula is C8H5F5N2O4. The van der Waals surface area contributed by atoms with Gasteiger partial charge in [-0.2, -0.15) is 13.2 Å². The van der Waals surface area contributed by atoms with Crippen LogP contribution in [0.2, 0.25) is 0 Å². The molecule has 2 atom stereocenters. The minimum absolute atomic E-state index is 0.200. The summed E-state index contributed by atoms with van der Waals surface area (Å²) in [6.07, 6.45) is -6.86. The van der Waals surface area contributed by atoms with Crippen LogP contribution in [0.3, 0.4) is 0 Å². The van der Waals surface area contributed by atoms with E-state index in [0.29, 0.717) is 0 Å². The van der Waals surface area contributed by atoms with Gasteiger partial charge in [0.2, 0.25) is 0 Å². The van der Waals surface area contributed by atoms with E-state index in [1.165, 1.54) is 0 Å². The smallest absolute Gasteiger partial charge is 0.263 e. The van der Waals surface area contributed by atoms with Crippen molar-refractivity contribution in [2.24, 2.45) is 0 Å². The standard InChI is InChI=1S/C8H5F5N2O4/c1-6(14(16)17)2-4(9)5(10)3-7(6,15(18)19)8(11,12)13/h2-3H,1H3. The van der Waals surface area contributed by atoms with Crippen LogP contribution in [0.25, 0.3) is 0 Å². The van der Waals surface area contributed by atoms with Gasteiger partial charge in [-0.05, 0) is 0 Å². The third-order valence-corrected chi connectivity index (χ3v) is 2.84. The Hall–Kier alpha value is -2.07. The van der Waals surface area contributed by atoms with Gasteiger partial charge in [-0.1, -0.05) is 0 Å². The highest BCUT2D eigenvalue weighted by molar-refractivity contribution is 5.37. The summed E-state index contributed by atoms with van der Waals surface area (Å²) in [5, 5.41) is 21.4. The molecule has 11 heteroatoms. The fraction of sp³-hybridized carbons (Fsp3) is 0.500. The molecule has 0 fully saturated rings. The van der Waals surface area contributed by atoms with E-state index in [9.17, 15) is 42.2 Å². The van der Waals surface area contributed by atoms with Crippen LogP contribution in [0.1, 0.15) is 6.92 Å². The minimum Gasteiger partial charge on any atom is -0.263 e. The summed E-state index contributed by atoms with van der Waals surface area (Å²) in [5.41, 5.74) is -7.89. The maximum atomic E-state index is 13.0. The molecule has 0 aromatic heterocycles. The summed E-state index contributed by atoms with van der Waals surface area (Å²) in [5.74, 6) is -4.13. The Bertz CT molecular complexity index is 514. The van der Waals surface area contributed by atoms with Gasteiger partial charge in [0.1, 0.15) is 0 Å². The fourth-order valence-corrected chi connectivity index (χ4v) is 1.73. The van der Waals surface area contributed by atoms with Crippen LogP contribution >= 0.6 is 0 Å². The fourth-order valence-electron chi connectivity index (χ4n) is 1.73. The van der Waals surface area contributed by atoms with Gasteiger partial charge in [0.25, 0.3) is 0 Å². The summed E-state index contributed by atoms with van der Waals surface area (Å²) >= 11 is 0. The SMILES string of the molecule is CC1([N+](=O)[O-])C=C(F)C(F)=CC1([N+](=O)[O-])C(F)(F)F. The third-order valence-electron chi connectivity index (χ3n) is 2.84. The molecule has 0 aromatic carbocycles. The Morgan fingerprint density at radius 2 is 1.47 bits per heavy atom. The highest BCUT2D eigenvalue weighted by atomic mass is 19.4. The van der Waals surface area contributed by atoms with Crippen LogP contribution in [0.5, 0.6) is 0 Å². The van der Waals surface area contributed by atoms with Gasteiger partial charge < -0.3 is 0 Å². The average Bonchev–Trinajstić information content (AvgIpc) is 2.20. The van der Waals surface area contributed by atoms with Crippen molar-refractivity contribution in [1.82, 2.24) is 0 Å². The first-order chi connectivity index (χ1) is 8.40. The van der Waals surface area contributed by atoms with E-state index >= 15 is 0 Å². The van der Waals surface area contributed by atoms with Crippen LogP contribution in [0, 0.1) is 20.2 Å². The predicted octanol–water partition coefficient (Wildman–Crippen LogP) is 2.32. The first-order valence-electron chi connectivity index (χ1n) is 4.53. The molecule has 1 aliphatic rings. The quantitative estimate of drug-likeness (QED) is 0.443. The second-order valence-corrected chi connectivity index (χ2v) is 3.91. The van der Waals surface area contributed by atoms with Crippen LogP contribution in [-0.2, 0) is 0 Å². The number of nitro groups is 2. The van der Waals surface area contributed by atoms with Gasteiger partial charge in [0, 0.05) is 28.9 Å². The Kier molecular flexibility index (Phi) is 3.13. The van der Waals surface area contributed by atoms with E-state index in [4.69, 9.17) is 0 Å². The lowest BCUT2D eigenvalue weighted by Crippen LogP contribution is -2.68. The minimum atomic E-state index is -5.80. The van der Waals surface area contributed by atoms with E-state index in [1.54, 1.807) is 0 Å². The van der Waals surface area contributed by atoms with Crippen LogP contribution in [0.15, 0.2) is 23.8 Å². The normalized spacial score (nSPS) is 31.5. The molecule has 1 aliphatic carbocycles. The van der Waals surface area contributed by atoms with Crippen molar-refractivity contribution < 1.29 is 31.8 Å². The highest BCUT2D eigenvalue weighted by Crippen LogP contribution is 2.49. The highest BCUT2D eigenvalue weighted by Gasteiger charge is 2.82. The lowest BCUT2D eigenvalue weighted by molar-refractivity contribution is -0.689. The molecule has 0 saturated carbocycles. The zero-order valence-corrected chi connectivity index (χ0v) is 9.07. The topological polar surface area (TPSA) is 86.3 Å². The van der Waals surface area contributed by atoms with E-state index in [-0.39, 0.29) is 13.0 Å². The molecule has 19 heavy (non-hydrogen) atoms. The van der Waals surface area contributed by atoms with Crippen molar-refractivity contribution in [2.45, 2.75) is 24.2 Å². The number of hydrogen-bond acceptors (Lipinski definition) is 4. The van der Waals surface area contributed by atoms with Crippen LogP contribution < -0.4 is 0 Å². The van der Waals surface area contributed by atoms with E-state index in [1.807, 2.05) is 0 Å². The molecule has 1 rings (SSSR count). The Labute approximate surface area is 101 Å². The first-order valence-corrected chi connectivity index (χ1v) is 4.53. The summed E-state index contributed by atoms with van der Waals surface area (Å²) in [4.78, 5) is 17.7. The number of allylic oxidation sites excluding steroid dienone is 2. The molecule has 0 saturated heterocycles.